The minimum Gasteiger partial charge on any atom is -0.478 e. The zero-order valence-electron chi connectivity index (χ0n) is 16.2. The predicted octanol–water partition coefficient (Wildman–Crippen LogP) is 1.57. The van der Waals surface area contributed by atoms with Crippen molar-refractivity contribution < 1.29 is 28.7 Å². The van der Waals surface area contributed by atoms with Crippen LogP contribution in [0.1, 0.15) is 33.1 Å². The van der Waals surface area contributed by atoms with Crippen molar-refractivity contribution in [1.29, 1.82) is 0 Å². The van der Waals surface area contributed by atoms with Crippen LogP contribution in [0.3, 0.4) is 0 Å². The third kappa shape index (κ3) is 8.41. The van der Waals surface area contributed by atoms with Crippen molar-refractivity contribution in [2.75, 3.05) is 32.6 Å². The molecule has 1 unspecified atom stereocenters. The quantitative estimate of drug-likeness (QED) is 0.443. The number of carboxylic acid groups (broad SMARTS) is 1. The molecule has 0 heterocycles. The highest BCUT2D eigenvalue weighted by atomic mass is 32.2. The van der Waals surface area contributed by atoms with E-state index in [1.54, 1.807) is 0 Å². The number of hydrogen-bond donors (Lipinski definition) is 2. The van der Waals surface area contributed by atoms with Crippen molar-refractivity contribution in [3.63, 3.8) is 0 Å². The molecule has 26 heavy (non-hydrogen) atoms. The van der Waals surface area contributed by atoms with Gasteiger partial charge in [-0.15, -0.1) is 0 Å². The Hall–Kier alpha value is -1.26. The Bertz CT molecular complexity index is 517. The zero-order chi connectivity index (χ0) is 20.3. The Balaban J connectivity index is 5.12. The number of aliphatic carboxylic acids is 1. The van der Waals surface area contributed by atoms with Crippen LogP contribution in [0.15, 0.2) is 0 Å². The molecule has 0 aliphatic heterocycles. The smallest absolute Gasteiger partial charge is 0.410 e. The normalized spacial score (nSPS) is 14.2. The topological polar surface area (TPSA) is 113 Å². The first-order chi connectivity index (χ1) is 12.1. The van der Waals surface area contributed by atoms with Gasteiger partial charge in [-0.25, -0.2) is 9.59 Å². The number of unbranched alkanes of at least 4 members (excludes halogenated alkanes) is 1. The average Bonchev–Trinajstić information content (AvgIpc) is 2.58. The molecule has 8 nitrogen and oxygen atoms in total. The number of carbonyl (C=O) groups is 3. The molecule has 0 aromatic rings. The lowest BCUT2D eigenvalue weighted by Gasteiger charge is -2.28. The van der Waals surface area contributed by atoms with Gasteiger partial charge in [0.05, 0.1) is 6.04 Å². The second-order valence-electron chi connectivity index (χ2n) is 6.40. The second kappa shape index (κ2) is 12.2. The Kier molecular flexibility index (Phi) is 11.6. The number of amides is 1. The first kappa shape index (κ1) is 24.7. The summed E-state index contributed by atoms with van der Waals surface area (Å²) in [6.07, 6.45) is 3.10. The SMILES string of the molecule is CCCC[Si](=O)C(=O)[C@H](CCSC)NCC(C)(OC(=O)N(C)C)C(=O)O. The molecular formula is C16H30N2O6SSi. The molecule has 2 atom stereocenters. The molecule has 0 aromatic carbocycles. The predicted molar refractivity (Wildman–Crippen MR) is 102 cm³/mol. The van der Waals surface area contributed by atoms with E-state index < -0.39 is 32.4 Å². The van der Waals surface area contributed by atoms with Crippen LogP contribution in [0, 0.1) is 0 Å². The maximum absolute atomic E-state index is 12.5. The Morgan fingerprint density at radius 3 is 2.42 bits per heavy atom. The summed E-state index contributed by atoms with van der Waals surface area (Å²) in [5.41, 5.74) is -1.83. The lowest BCUT2D eigenvalue weighted by molar-refractivity contribution is -0.157. The lowest BCUT2D eigenvalue weighted by atomic mass is 10.1. The molecule has 1 amide bonds. The summed E-state index contributed by atoms with van der Waals surface area (Å²) in [6.45, 7) is 2.97. The van der Waals surface area contributed by atoms with Gasteiger partial charge in [-0.1, -0.05) is 13.3 Å². The highest BCUT2D eigenvalue weighted by molar-refractivity contribution is 7.98. The van der Waals surface area contributed by atoms with Crippen molar-refractivity contribution >= 4 is 37.9 Å². The van der Waals surface area contributed by atoms with Crippen LogP contribution in [0.4, 0.5) is 4.79 Å². The Morgan fingerprint density at radius 2 is 1.96 bits per heavy atom. The highest BCUT2D eigenvalue weighted by Gasteiger charge is 2.39. The van der Waals surface area contributed by atoms with E-state index in [9.17, 15) is 24.0 Å². The standard InChI is InChI=1S/C16H30N2O6SSi/c1-6-7-10-26(23)13(19)12(8-9-25-5)17-11-16(2,14(20)21)24-15(22)18(3)4/h12,17H,6-11H2,1-5H3,(H,20,21)/t12-,16?/m0/s1. The molecule has 0 aromatic heterocycles. The molecule has 0 spiro atoms. The van der Waals surface area contributed by atoms with E-state index >= 15 is 0 Å². The fourth-order valence-corrected chi connectivity index (χ4v) is 4.00. The highest BCUT2D eigenvalue weighted by Crippen LogP contribution is 2.13. The molecule has 0 saturated carbocycles. The number of carbonyl (C=O) groups excluding carboxylic acids is 2. The zero-order valence-corrected chi connectivity index (χ0v) is 18.0. The maximum Gasteiger partial charge on any atom is 0.410 e. The molecule has 10 heteroatoms. The molecule has 0 rings (SSSR count). The van der Waals surface area contributed by atoms with Gasteiger partial charge >= 0.3 is 20.7 Å². The van der Waals surface area contributed by atoms with Gasteiger partial charge in [0.2, 0.25) is 5.60 Å². The first-order valence-electron chi connectivity index (χ1n) is 8.52. The van der Waals surface area contributed by atoms with Crippen molar-refractivity contribution in [2.24, 2.45) is 0 Å². The summed E-state index contributed by atoms with van der Waals surface area (Å²) in [5, 5.41) is 11.9. The summed E-state index contributed by atoms with van der Waals surface area (Å²) in [5.74, 6) is -0.664. The van der Waals surface area contributed by atoms with E-state index in [1.807, 2.05) is 13.2 Å². The van der Waals surface area contributed by atoms with Crippen LogP contribution in [-0.2, 0) is 18.8 Å². The minimum absolute atomic E-state index is 0.254. The number of rotatable bonds is 13. The van der Waals surface area contributed by atoms with E-state index in [1.165, 1.54) is 32.8 Å². The van der Waals surface area contributed by atoms with Gasteiger partial charge in [0.15, 0.2) is 5.41 Å². The number of carboxylic acids is 1. The van der Waals surface area contributed by atoms with E-state index in [-0.39, 0.29) is 12.0 Å². The summed E-state index contributed by atoms with van der Waals surface area (Å²) < 4.78 is 17.3. The molecule has 0 aliphatic rings. The van der Waals surface area contributed by atoms with Crippen molar-refractivity contribution in [2.45, 2.75) is 50.8 Å². The van der Waals surface area contributed by atoms with Gasteiger partial charge in [-0.3, -0.25) is 4.79 Å². The molecule has 0 aliphatic carbocycles. The summed E-state index contributed by atoms with van der Waals surface area (Å²) in [7, 11) is 0.489. The van der Waals surface area contributed by atoms with Crippen LogP contribution in [-0.4, -0.2) is 80.5 Å². The van der Waals surface area contributed by atoms with Crippen LogP contribution < -0.4 is 5.32 Å². The van der Waals surface area contributed by atoms with Gasteiger partial charge in [0, 0.05) is 20.6 Å². The number of hydrogen-bond acceptors (Lipinski definition) is 7. The van der Waals surface area contributed by atoms with Gasteiger partial charge in [0.25, 0.3) is 0 Å². The van der Waals surface area contributed by atoms with Crippen LogP contribution in [0.2, 0.25) is 6.04 Å². The fraction of sp³-hybridized carbons (Fsp3) is 0.812. The number of nitrogens with one attached hydrogen (secondary N) is 1. The molecule has 150 valence electrons. The van der Waals surface area contributed by atoms with Crippen LogP contribution in [0.25, 0.3) is 0 Å². The third-order valence-corrected chi connectivity index (χ3v) is 6.13. The van der Waals surface area contributed by atoms with Gasteiger partial charge < -0.3 is 24.5 Å². The van der Waals surface area contributed by atoms with Crippen molar-refractivity contribution in [3.05, 3.63) is 0 Å². The summed E-state index contributed by atoms with van der Waals surface area (Å²) in [6, 6.07) is -0.356. The minimum atomic E-state index is -2.41. The van der Waals surface area contributed by atoms with Gasteiger partial charge in [-0.2, -0.15) is 11.8 Å². The van der Waals surface area contributed by atoms with Crippen LogP contribution in [0.5, 0.6) is 0 Å². The van der Waals surface area contributed by atoms with E-state index in [4.69, 9.17) is 4.74 Å². The molecule has 0 radical (unpaired) electrons. The van der Waals surface area contributed by atoms with Gasteiger partial charge in [0.1, 0.15) is 0 Å². The molecule has 2 N–H and O–H groups in total. The van der Waals surface area contributed by atoms with E-state index in [2.05, 4.69) is 5.32 Å². The van der Waals surface area contributed by atoms with E-state index in [0.717, 1.165) is 11.3 Å². The number of thioether (sulfide) groups is 1. The van der Waals surface area contributed by atoms with Crippen molar-refractivity contribution in [3.8, 4) is 0 Å². The summed E-state index contributed by atoms with van der Waals surface area (Å²) in [4.78, 5) is 36.9. The molecule has 0 saturated heterocycles. The largest absolute Gasteiger partial charge is 0.478 e. The van der Waals surface area contributed by atoms with Crippen molar-refractivity contribution in [1.82, 2.24) is 10.2 Å². The van der Waals surface area contributed by atoms with E-state index in [0.29, 0.717) is 24.6 Å². The van der Waals surface area contributed by atoms with Gasteiger partial charge in [-0.05, 0) is 37.8 Å². The molecular weight excluding hydrogens is 376 g/mol. The second-order valence-corrected chi connectivity index (χ2v) is 9.23. The summed E-state index contributed by atoms with van der Waals surface area (Å²) >= 11 is 1.54. The lowest BCUT2D eigenvalue weighted by Crippen LogP contribution is -2.54. The van der Waals surface area contributed by atoms with Crippen LogP contribution >= 0.6 is 11.8 Å². The number of nitrogens with zero attached hydrogens (tertiary/aromatic N) is 1. The Labute approximate surface area is 160 Å². The fourth-order valence-electron chi connectivity index (χ4n) is 1.97. The Morgan fingerprint density at radius 1 is 1.35 bits per heavy atom. The maximum atomic E-state index is 12.5. The third-order valence-electron chi connectivity index (χ3n) is 3.78. The number of ether oxygens (including phenoxy) is 1. The monoisotopic (exact) mass is 406 g/mol. The molecule has 0 fully saturated rings. The first-order valence-corrected chi connectivity index (χ1v) is 11.5. The average molecular weight is 407 g/mol. The molecule has 0 bridgehead atoms.